The van der Waals surface area contributed by atoms with Crippen LogP contribution >= 0.6 is 7.26 Å². The quantitative estimate of drug-likeness (QED) is 0.134. The van der Waals surface area contributed by atoms with Crippen LogP contribution in [0.5, 0.6) is 0 Å². The molecular formula is C33H44IOPSi. The second-order valence-electron chi connectivity index (χ2n) is 11.7. The van der Waals surface area contributed by atoms with Crippen LogP contribution in [-0.4, -0.2) is 20.6 Å². The van der Waals surface area contributed by atoms with E-state index in [4.69, 9.17) is 4.43 Å². The fourth-order valence-electron chi connectivity index (χ4n) is 5.24. The van der Waals surface area contributed by atoms with Crippen molar-refractivity contribution in [2.75, 3.05) is 6.16 Å². The number of benzene rings is 3. The molecule has 1 atom stereocenters. The standard InChI is InChI=1S/C33H44OPSi.HI/c1-33(2,3)36(4,5)34-32-26-16-15-18-28(32)19-17-27-35(29-20-9-6-10-21-29,30-22-11-7-12-23-30)31-24-13-8-14-25-31;/h6-14,18,20-25,32H,15-17,19,26-27H2,1-5H3;1H/q+1;/p-1. The van der Waals surface area contributed by atoms with Crippen molar-refractivity contribution in [3.8, 4) is 0 Å². The summed E-state index contributed by atoms with van der Waals surface area (Å²) in [6.45, 7) is 11.9. The van der Waals surface area contributed by atoms with Gasteiger partial charge in [-0.3, -0.25) is 0 Å². The third-order valence-electron chi connectivity index (χ3n) is 8.28. The molecule has 0 saturated heterocycles. The van der Waals surface area contributed by atoms with Gasteiger partial charge in [0.05, 0.1) is 12.3 Å². The van der Waals surface area contributed by atoms with Crippen molar-refractivity contribution in [2.24, 2.45) is 0 Å². The lowest BCUT2D eigenvalue weighted by Crippen LogP contribution is -3.00. The van der Waals surface area contributed by atoms with Gasteiger partial charge in [-0.05, 0) is 92.2 Å². The second-order valence-corrected chi connectivity index (χ2v) is 20.1. The molecule has 1 aliphatic carbocycles. The summed E-state index contributed by atoms with van der Waals surface area (Å²) in [5, 5.41) is 4.68. The first kappa shape index (κ1) is 30.3. The summed E-state index contributed by atoms with van der Waals surface area (Å²) in [4.78, 5) is 0. The summed E-state index contributed by atoms with van der Waals surface area (Å²) in [5.41, 5.74) is 1.55. The third-order valence-corrected chi connectivity index (χ3v) is 17.3. The van der Waals surface area contributed by atoms with Gasteiger partial charge in [-0.1, -0.05) is 81.4 Å². The van der Waals surface area contributed by atoms with E-state index in [0.717, 1.165) is 6.42 Å². The molecule has 0 spiro atoms. The minimum absolute atomic E-state index is 0. The van der Waals surface area contributed by atoms with Crippen molar-refractivity contribution in [1.82, 2.24) is 0 Å². The van der Waals surface area contributed by atoms with E-state index >= 15 is 0 Å². The highest BCUT2D eigenvalue weighted by Crippen LogP contribution is 2.56. The highest BCUT2D eigenvalue weighted by Gasteiger charge is 2.45. The molecule has 0 radical (unpaired) electrons. The first-order chi connectivity index (χ1) is 17.2. The molecule has 0 bridgehead atoms. The number of allylic oxidation sites excluding steroid dienone is 1. The minimum atomic E-state index is -1.80. The molecule has 1 unspecified atom stereocenters. The van der Waals surface area contributed by atoms with Crippen molar-refractivity contribution in [3.63, 3.8) is 0 Å². The average Bonchev–Trinajstić information content (AvgIpc) is 2.88. The maximum absolute atomic E-state index is 6.97. The SMILES string of the molecule is CC(C)(C)[Si](C)(C)OC1CCCC=C1CCC[P+](c1ccccc1)(c1ccccc1)c1ccccc1.[I-]. The summed E-state index contributed by atoms with van der Waals surface area (Å²) in [7, 11) is -3.57. The molecule has 0 heterocycles. The Morgan fingerprint density at radius 3 is 1.68 bits per heavy atom. The van der Waals surface area contributed by atoms with Crippen LogP contribution in [0.25, 0.3) is 0 Å². The molecule has 0 amide bonds. The van der Waals surface area contributed by atoms with Crippen LogP contribution in [0.15, 0.2) is 103 Å². The largest absolute Gasteiger partial charge is 1.00 e. The van der Waals surface area contributed by atoms with Gasteiger partial charge in [0.15, 0.2) is 8.32 Å². The van der Waals surface area contributed by atoms with Crippen LogP contribution < -0.4 is 39.9 Å². The zero-order chi connectivity index (χ0) is 25.7. The van der Waals surface area contributed by atoms with Crippen molar-refractivity contribution in [2.45, 2.75) is 77.1 Å². The van der Waals surface area contributed by atoms with Gasteiger partial charge in [0, 0.05) is 0 Å². The van der Waals surface area contributed by atoms with E-state index in [0.29, 0.717) is 6.10 Å². The Balaban J connectivity index is 0.00000380. The van der Waals surface area contributed by atoms with Gasteiger partial charge < -0.3 is 28.4 Å². The molecule has 37 heavy (non-hydrogen) atoms. The second kappa shape index (κ2) is 13.2. The predicted molar refractivity (Wildman–Crippen MR) is 163 cm³/mol. The summed E-state index contributed by atoms with van der Waals surface area (Å²) in [6, 6.07) is 33.8. The smallest absolute Gasteiger partial charge is 0.192 e. The monoisotopic (exact) mass is 642 g/mol. The molecule has 0 aliphatic heterocycles. The van der Waals surface area contributed by atoms with Gasteiger partial charge in [-0.15, -0.1) is 0 Å². The van der Waals surface area contributed by atoms with Gasteiger partial charge in [0.2, 0.25) is 0 Å². The third kappa shape index (κ3) is 7.04. The number of hydrogen-bond donors (Lipinski definition) is 0. The first-order valence-electron chi connectivity index (χ1n) is 13.7. The Kier molecular flexibility index (Phi) is 10.8. The first-order valence-corrected chi connectivity index (χ1v) is 18.5. The van der Waals surface area contributed by atoms with E-state index in [1.807, 2.05) is 0 Å². The summed E-state index contributed by atoms with van der Waals surface area (Å²) >= 11 is 0. The molecule has 0 saturated carbocycles. The molecular weight excluding hydrogens is 598 g/mol. The molecule has 3 aromatic rings. The van der Waals surface area contributed by atoms with Crippen LogP contribution in [0, 0.1) is 0 Å². The van der Waals surface area contributed by atoms with Gasteiger partial charge in [0.1, 0.15) is 23.2 Å². The van der Waals surface area contributed by atoms with Crippen molar-refractivity contribution in [3.05, 3.63) is 103 Å². The maximum Gasteiger partial charge on any atom is 0.192 e. The molecule has 4 rings (SSSR count). The molecule has 1 nitrogen and oxygen atoms in total. The normalized spacial score (nSPS) is 16.6. The molecule has 198 valence electrons. The van der Waals surface area contributed by atoms with E-state index < -0.39 is 15.6 Å². The molecule has 3 aromatic carbocycles. The highest BCUT2D eigenvalue weighted by atomic mass is 127. The van der Waals surface area contributed by atoms with Gasteiger partial charge in [-0.2, -0.15) is 0 Å². The molecule has 1 aliphatic rings. The molecule has 0 aromatic heterocycles. The van der Waals surface area contributed by atoms with E-state index in [1.54, 1.807) is 5.57 Å². The minimum Gasteiger partial charge on any atom is -1.00 e. The van der Waals surface area contributed by atoms with Gasteiger partial charge in [-0.25, -0.2) is 0 Å². The van der Waals surface area contributed by atoms with Crippen molar-refractivity contribution in [1.29, 1.82) is 0 Å². The fourth-order valence-corrected chi connectivity index (χ4v) is 10.9. The Morgan fingerprint density at radius 1 is 0.784 bits per heavy atom. The Bertz CT molecular complexity index is 1030. The zero-order valence-corrected chi connectivity index (χ0v) is 27.3. The Hall–Kier alpha value is -1.26. The van der Waals surface area contributed by atoms with E-state index in [1.165, 1.54) is 47.8 Å². The highest BCUT2D eigenvalue weighted by molar-refractivity contribution is 7.95. The van der Waals surface area contributed by atoms with E-state index in [9.17, 15) is 0 Å². The van der Waals surface area contributed by atoms with Crippen LogP contribution in [0.1, 0.15) is 52.9 Å². The summed E-state index contributed by atoms with van der Waals surface area (Å²) in [6.07, 6.45) is 9.92. The summed E-state index contributed by atoms with van der Waals surface area (Å²) in [5.74, 6) is 0. The van der Waals surface area contributed by atoms with Crippen molar-refractivity contribution < 1.29 is 28.4 Å². The van der Waals surface area contributed by atoms with Crippen LogP contribution in [-0.2, 0) is 4.43 Å². The lowest BCUT2D eigenvalue weighted by molar-refractivity contribution is -0.00000877. The number of hydrogen-bond acceptors (Lipinski definition) is 1. The molecule has 4 heteroatoms. The molecule has 0 fully saturated rings. The Morgan fingerprint density at radius 2 is 1.24 bits per heavy atom. The number of halogens is 1. The zero-order valence-electron chi connectivity index (χ0n) is 23.3. The maximum atomic E-state index is 6.97. The van der Waals surface area contributed by atoms with Gasteiger partial charge in [0.25, 0.3) is 0 Å². The lowest BCUT2D eigenvalue weighted by atomic mass is 9.93. The van der Waals surface area contributed by atoms with E-state index in [-0.39, 0.29) is 29.0 Å². The fraction of sp³-hybridized carbons (Fsp3) is 0.394. The van der Waals surface area contributed by atoms with Crippen molar-refractivity contribution >= 4 is 31.5 Å². The lowest BCUT2D eigenvalue weighted by Gasteiger charge is -2.41. The van der Waals surface area contributed by atoms with Crippen LogP contribution in [0.4, 0.5) is 0 Å². The topological polar surface area (TPSA) is 9.23 Å². The van der Waals surface area contributed by atoms with E-state index in [2.05, 4.69) is 131 Å². The molecule has 0 N–H and O–H groups in total. The number of rotatable bonds is 9. The van der Waals surface area contributed by atoms with Crippen LogP contribution in [0.3, 0.4) is 0 Å². The predicted octanol–water partition coefficient (Wildman–Crippen LogP) is 5.27. The van der Waals surface area contributed by atoms with Gasteiger partial charge >= 0.3 is 0 Å². The van der Waals surface area contributed by atoms with Crippen LogP contribution in [0.2, 0.25) is 18.1 Å². The Labute approximate surface area is 244 Å². The summed E-state index contributed by atoms with van der Waals surface area (Å²) < 4.78 is 6.97. The average molecular weight is 643 g/mol.